The Morgan fingerprint density at radius 3 is 2.88 bits per heavy atom. The zero-order valence-electron chi connectivity index (χ0n) is 12.8. The summed E-state index contributed by atoms with van der Waals surface area (Å²) in [5, 5.41) is 18.1. The van der Waals surface area contributed by atoms with Crippen molar-refractivity contribution in [2.24, 2.45) is 10.2 Å². The van der Waals surface area contributed by atoms with Gasteiger partial charge in [-0.1, -0.05) is 23.8 Å². The molecule has 122 valence electrons. The monoisotopic (exact) mass is 387 g/mol. The largest absolute Gasteiger partial charge is 0.493 e. The summed E-state index contributed by atoms with van der Waals surface area (Å²) in [5.41, 5.74) is 1.98. The minimum absolute atomic E-state index is 0.126. The molecule has 2 N–H and O–H groups in total. The molecule has 7 heteroatoms. The molecule has 1 amide bonds. The number of nitrogens with zero attached hydrogens (tertiary/aromatic N) is 2. The van der Waals surface area contributed by atoms with Crippen LogP contribution in [0.3, 0.4) is 0 Å². The van der Waals surface area contributed by atoms with Crippen LogP contribution in [0.15, 0.2) is 57.2 Å². The van der Waals surface area contributed by atoms with E-state index in [9.17, 15) is 9.90 Å². The van der Waals surface area contributed by atoms with Gasteiger partial charge in [0.25, 0.3) is 0 Å². The lowest BCUT2D eigenvalue weighted by Gasteiger charge is -2.04. The number of hydrogen-bond donors (Lipinski definition) is 2. The van der Waals surface area contributed by atoms with Gasteiger partial charge in [-0.15, -0.1) is 10.2 Å². The Morgan fingerprint density at radius 2 is 2.08 bits per heavy atom. The van der Waals surface area contributed by atoms with Crippen LogP contribution in [0.5, 0.6) is 11.6 Å². The maximum absolute atomic E-state index is 11.8. The number of aromatic nitrogens is 1. The minimum atomic E-state index is -0.549. The van der Waals surface area contributed by atoms with Crippen molar-refractivity contribution in [3.05, 3.63) is 52.5 Å². The molecule has 1 aromatic heterocycles. The molecule has 0 atom stereocenters. The van der Waals surface area contributed by atoms with Crippen LogP contribution in [-0.2, 0) is 4.79 Å². The molecule has 0 aliphatic rings. The fourth-order valence-corrected chi connectivity index (χ4v) is 2.61. The third-order valence-electron chi connectivity index (χ3n) is 3.36. The van der Waals surface area contributed by atoms with E-state index in [2.05, 4.69) is 31.1 Å². The molecule has 0 spiro atoms. The summed E-state index contributed by atoms with van der Waals surface area (Å²) in [6, 6.07) is 12.8. The highest BCUT2D eigenvalue weighted by Crippen LogP contribution is 2.35. The van der Waals surface area contributed by atoms with E-state index < -0.39 is 5.91 Å². The van der Waals surface area contributed by atoms with Crippen LogP contribution in [0.4, 0.5) is 5.69 Å². The maximum atomic E-state index is 11.8. The number of benzene rings is 2. The molecule has 0 bridgehead atoms. The van der Waals surface area contributed by atoms with Gasteiger partial charge >= 0.3 is 5.91 Å². The first-order valence-electron chi connectivity index (χ1n) is 7.18. The summed E-state index contributed by atoms with van der Waals surface area (Å²) in [4.78, 5) is 14.6. The molecule has 0 aliphatic heterocycles. The number of carbonyl (C=O) groups excluding carboxylic acids is 1. The van der Waals surface area contributed by atoms with E-state index in [0.29, 0.717) is 11.1 Å². The van der Waals surface area contributed by atoms with E-state index in [4.69, 9.17) is 4.74 Å². The van der Waals surface area contributed by atoms with E-state index in [1.54, 1.807) is 12.1 Å². The first kappa shape index (κ1) is 16.2. The fraction of sp³-hybridized carbons (Fsp3) is 0.118. The molecule has 0 saturated heterocycles. The van der Waals surface area contributed by atoms with Gasteiger partial charge in [0, 0.05) is 5.39 Å². The van der Waals surface area contributed by atoms with Gasteiger partial charge in [0.1, 0.15) is 5.75 Å². The van der Waals surface area contributed by atoms with Crippen LogP contribution in [0, 0.1) is 6.92 Å². The summed E-state index contributed by atoms with van der Waals surface area (Å²) in [7, 11) is 0. The Bertz CT molecular complexity index is 934. The van der Waals surface area contributed by atoms with Crippen molar-refractivity contribution in [2.45, 2.75) is 6.92 Å². The van der Waals surface area contributed by atoms with Crippen LogP contribution < -0.4 is 4.74 Å². The molecular weight excluding hydrogens is 374 g/mol. The number of H-pyrrole nitrogens is 1. The summed E-state index contributed by atoms with van der Waals surface area (Å²) in [6.45, 7) is 1.69. The summed E-state index contributed by atoms with van der Waals surface area (Å²) >= 11 is 3.33. The number of aryl methyl sites for hydroxylation is 1. The summed E-state index contributed by atoms with van der Waals surface area (Å²) in [6.07, 6.45) is 0. The second-order valence-corrected chi connectivity index (χ2v) is 6.04. The van der Waals surface area contributed by atoms with Gasteiger partial charge in [-0.2, -0.15) is 0 Å². The lowest BCUT2D eigenvalue weighted by atomic mass is 10.2. The zero-order chi connectivity index (χ0) is 17.1. The fourth-order valence-electron chi connectivity index (χ4n) is 2.21. The average Bonchev–Trinajstić information content (AvgIpc) is 2.87. The van der Waals surface area contributed by atoms with Crippen molar-refractivity contribution in [1.82, 2.24) is 4.98 Å². The quantitative estimate of drug-likeness (QED) is 0.639. The molecular formula is C17H14BrN3O3. The predicted molar refractivity (Wildman–Crippen MR) is 93.9 cm³/mol. The molecule has 0 saturated carbocycles. The van der Waals surface area contributed by atoms with E-state index >= 15 is 0 Å². The van der Waals surface area contributed by atoms with Crippen molar-refractivity contribution < 1.29 is 14.6 Å². The molecule has 0 unspecified atom stereocenters. The lowest BCUT2D eigenvalue weighted by molar-refractivity contribution is -0.120. The van der Waals surface area contributed by atoms with Gasteiger partial charge in [-0.25, -0.2) is 0 Å². The van der Waals surface area contributed by atoms with Gasteiger partial charge < -0.3 is 14.8 Å². The molecule has 0 radical (unpaired) electrons. The highest BCUT2D eigenvalue weighted by molar-refractivity contribution is 9.10. The van der Waals surface area contributed by atoms with Crippen LogP contribution >= 0.6 is 15.9 Å². The first-order chi connectivity index (χ1) is 11.5. The van der Waals surface area contributed by atoms with Crippen molar-refractivity contribution in [2.75, 3.05) is 6.61 Å². The number of carbonyl (C=O) groups is 1. The normalized spacial score (nSPS) is 11.2. The Hall–Kier alpha value is -2.67. The van der Waals surface area contributed by atoms with Gasteiger partial charge in [0.2, 0.25) is 5.88 Å². The summed E-state index contributed by atoms with van der Waals surface area (Å²) in [5.74, 6) is -0.127. The van der Waals surface area contributed by atoms with Crippen LogP contribution in [0.25, 0.3) is 10.9 Å². The SMILES string of the molecule is Cc1ccc2[nH]c(O)c(N=NC(=O)COc3ccccc3Br)c2c1. The Morgan fingerprint density at radius 1 is 1.29 bits per heavy atom. The number of halogens is 1. The van der Waals surface area contributed by atoms with Crippen molar-refractivity contribution in [3.8, 4) is 11.6 Å². The van der Waals surface area contributed by atoms with E-state index in [0.717, 1.165) is 15.6 Å². The van der Waals surface area contributed by atoms with Crippen LogP contribution in [0.2, 0.25) is 0 Å². The maximum Gasteiger partial charge on any atom is 0.302 e. The van der Waals surface area contributed by atoms with Crippen molar-refractivity contribution >= 4 is 38.4 Å². The smallest absolute Gasteiger partial charge is 0.302 e. The highest BCUT2D eigenvalue weighted by Gasteiger charge is 2.11. The van der Waals surface area contributed by atoms with Gasteiger partial charge in [0.15, 0.2) is 12.3 Å². The molecule has 0 aliphatic carbocycles. The Labute approximate surface area is 146 Å². The second-order valence-electron chi connectivity index (χ2n) is 5.18. The van der Waals surface area contributed by atoms with Crippen LogP contribution in [0.1, 0.15) is 5.56 Å². The predicted octanol–water partition coefficient (Wildman–Crippen LogP) is 4.63. The number of fused-ring (bicyclic) bond motifs is 1. The minimum Gasteiger partial charge on any atom is -0.493 e. The zero-order valence-corrected chi connectivity index (χ0v) is 14.4. The Balaban J connectivity index is 1.74. The van der Waals surface area contributed by atoms with Crippen molar-refractivity contribution in [1.29, 1.82) is 0 Å². The number of para-hydroxylation sites is 1. The first-order valence-corrected chi connectivity index (χ1v) is 7.97. The van der Waals surface area contributed by atoms with Gasteiger partial charge in [-0.05, 0) is 47.1 Å². The number of amides is 1. The highest BCUT2D eigenvalue weighted by atomic mass is 79.9. The third kappa shape index (κ3) is 3.46. The van der Waals surface area contributed by atoms with Gasteiger partial charge in [0.05, 0.1) is 9.99 Å². The molecule has 2 aromatic carbocycles. The number of ether oxygens (including phenoxy) is 1. The lowest BCUT2D eigenvalue weighted by Crippen LogP contribution is -2.08. The van der Waals surface area contributed by atoms with E-state index in [-0.39, 0.29) is 18.2 Å². The number of hydrogen-bond acceptors (Lipinski definition) is 4. The standard InChI is InChI=1S/C17H14BrN3O3/c1-10-6-7-13-11(8-10)16(17(23)19-13)21-20-15(22)9-24-14-5-3-2-4-12(14)18/h2-8,19,23H,9H2,1H3. The summed E-state index contributed by atoms with van der Waals surface area (Å²) < 4.78 is 6.13. The number of nitrogens with one attached hydrogen (secondary N) is 1. The third-order valence-corrected chi connectivity index (χ3v) is 4.01. The van der Waals surface area contributed by atoms with Gasteiger partial charge in [-0.3, -0.25) is 4.79 Å². The number of rotatable bonds is 4. The van der Waals surface area contributed by atoms with Crippen molar-refractivity contribution in [3.63, 3.8) is 0 Å². The molecule has 0 fully saturated rings. The molecule has 24 heavy (non-hydrogen) atoms. The Kier molecular flexibility index (Phi) is 4.61. The molecule has 6 nitrogen and oxygen atoms in total. The number of azo groups is 1. The average molecular weight is 388 g/mol. The molecule has 3 aromatic rings. The molecule has 1 heterocycles. The topological polar surface area (TPSA) is 87.0 Å². The molecule has 3 rings (SSSR count). The number of aromatic hydroxyl groups is 1. The van der Waals surface area contributed by atoms with E-state index in [1.165, 1.54) is 0 Å². The second kappa shape index (κ2) is 6.84. The van der Waals surface area contributed by atoms with E-state index in [1.807, 2.05) is 37.3 Å². The number of aromatic amines is 1. The van der Waals surface area contributed by atoms with Crippen LogP contribution in [-0.4, -0.2) is 22.6 Å².